The lowest BCUT2D eigenvalue weighted by molar-refractivity contribution is 0.480. The molecule has 0 amide bonds. The maximum atomic E-state index is 10.6. The summed E-state index contributed by atoms with van der Waals surface area (Å²) < 4.78 is 59.4. The van der Waals surface area contributed by atoms with Crippen LogP contribution >= 0.6 is 0 Å². The van der Waals surface area contributed by atoms with E-state index in [2.05, 4.69) is 0 Å². The summed E-state index contributed by atoms with van der Waals surface area (Å²) in [6.45, 7) is 1.63. The molecule has 0 radical (unpaired) electrons. The van der Waals surface area contributed by atoms with E-state index >= 15 is 0 Å². The number of hydrogen-bond acceptors (Lipinski definition) is 5. The number of hydrogen-bond donors (Lipinski definition) is 3. The number of rotatable bonds is 2. The van der Waals surface area contributed by atoms with Gasteiger partial charge in [0.25, 0.3) is 20.2 Å². The molecule has 0 unspecified atom stereocenters. The zero-order valence-electron chi connectivity index (χ0n) is 11.5. The number of aryl methyl sites for hydroxylation is 1. The van der Waals surface area contributed by atoms with Crippen molar-refractivity contribution in [3.8, 4) is 0 Å². The summed E-state index contributed by atoms with van der Waals surface area (Å²) in [5.41, 5.74) is 6.14. The van der Waals surface area contributed by atoms with Gasteiger partial charge in [0.2, 0.25) is 0 Å². The van der Waals surface area contributed by atoms with Gasteiger partial charge in [-0.15, -0.1) is 0 Å². The molecule has 4 N–H and O–H groups in total. The summed E-state index contributed by atoms with van der Waals surface area (Å²) in [5.74, 6) is 0. The van der Waals surface area contributed by atoms with Crippen LogP contribution in [0.4, 0.5) is 5.69 Å². The Morgan fingerprint density at radius 3 is 1.82 bits per heavy atom. The summed E-state index contributed by atoms with van der Waals surface area (Å²) >= 11 is 0. The van der Waals surface area contributed by atoms with Crippen LogP contribution in [0.25, 0.3) is 0 Å². The van der Waals surface area contributed by atoms with E-state index in [4.69, 9.17) is 14.8 Å². The second-order valence-corrected chi connectivity index (χ2v) is 7.10. The van der Waals surface area contributed by atoms with E-state index < -0.39 is 20.2 Å². The van der Waals surface area contributed by atoms with Crippen LogP contribution in [-0.4, -0.2) is 25.9 Å². The quantitative estimate of drug-likeness (QED) is 0.557. The molecule has 22 heavy (non-hydrogen) atoms. The lowest BCUT2D eigenvalue weighted by Gasteiger charge is -1.99. The van der Waals surface area contributed by atoms with Crippen molar-refractivity contribution >= 4 is 25.9 Å². The van der Waals surface area contributed by atoms with E-state index in [1.54, 1.807) is 25.1 Å². The van der Waals surface area contributed by atoms with E-state index in [-0.39, 0.29) is 9.79 Å². The number of anilines is 1. The minimum Gasteiger partial charge on any atom is -0.399 e. The number of nitrogens with two attached hydrogens (primary N) is 1. The third-order valence-electron chi connectivity index (χ3n) is 2.53. The predicted octanol–water partition coefficient (Wildman–Crippen LogP) is 1.76. The highest BCUT2D eigenvalue weighted by atomic mass is 32.2. The minimum absolute atomic E-state index is 0.0278. The molecule has 0 atom stereocenters. The van der Waals surface area contributed by atoms with Crippen molar-refractivity contribution in [1.82, 2.24) is 0 Å². The molecule has 0 aliphatic carbocycles. The normalized spacial score (nSPS) is 11.4. The molecule has 0 heterocycles. The molecule has 7 nitrogen and oxygen atoms in total. The maximum Gasteiger partial charge on any atom is 0.294 e. The van der Waals surface area contributed by atoms with Crippen LogP contribution in [-0.2, 0) is 20.2 Å². The summed E-state index contributed by atoms with van der Waals surface area (Å²) in [5, 5.41) is 0. The summed E-state index contributed by atoms with van der Waals surface area (Å²) in [7, 11) is -8.14. The van der Waals surface area contributed by atoms with Gasteiger partial charge >= 0.3 is 0 Å². The average molecular weight is 345 g/mol. The Labute approximate surface area is 128 Å². The first kappa shape index (κ1) is 18.1. The molecule has 0 aliphatic heterocycles. The van der Waals surface area contributed by atoms with E-state index in [9.17, 15) is 16.8 Å². The molecule has 0 bridgehead atoms. The van der Waals surface area contributed by atoms with E-state index in [0.29, 0.717) is 11.3 Å². The SMILES string of the molecule is Cc1ccccc1S(=O)(=O)O.Nc1cccc(S(=O)(=O)O)c1. The van der Waals surface area contributed by atoms with Gasteiger partial charge in [-0.2, -0.15) is 16.8 Å². The topological polar surface area (TPSA) is 135 Å². The van der Waals surface area contributed by atoms with Crippen LogP contribution in [0.2, 0.25) is 0 Å². The Kier molecular flexibility index (Phi) is 5.66. The summed E-state index contributed by atoms with van der Waals surface area (Å²) in [4.78, 5) is -0.211. The average Bonchev–Trinajstić information content (AvgIpc) is 2.37. The molecule has 2 rings (SSSR count). The summed E-state index contributed by atoms with van der Waals surface area (Å²) in [6, 6.07) is 11.7. The van der Waals surface area contributed by atoms with Crippen LogP contribution in [0.1, 0.15) is 5.56 Å². The maximum absolute atomic E-state index is 10.6. The monoisotopic (exact) mass is 345 g/mol. The molecule has 2 aromatic carbocycles. The Balaban J connectivity index is 0.000000220. The van der Waals surface area contributed by atoms with Crippen LogP contribution in [0, 0.1) is 6.92 Å². The van der Waals surface area contributed by atoms with Gasteiger partial charge < -0.3 is 5.73 Å². The molecule has 0 spiro atoms. The molecule has 0 aromatic heterocycles. The molecule has 0 saturated heterocycles. The smallest absolute Gasteiger partial charge is 0.294 e. The fourth-order valence-corrected chi connectivity index (χ4v) is 2.78. The molecule has 0 fully saturated rings. The third kappa shape index (κ3) is 5.45. The third-order valence-corrected chi connectivity index (χ3v) is 4.39. The van der Waals surface area contributed by atoms with E-state index in [0.717, 1.165) is 0 Å². The van der Waals surface area contributed by atoms with Gasteiger partial charge in [-0.3, -0.25) is 9.11 Å². The van der Waals surface area contributed by atoms with Gasteiger partial charge in [0, 0.05) is 5.69 Å². The largest absolute Gasteiger partial charge is 0.399 e. The van der Waals surface area contributed by atoms with Crippen LogP contribution in [0.15, 0.2) is 58.3 Å². The highest BCUT2D eigenvalue weighted by Gasteiger charge is 2.10. The molecule has 9 heteroatoms. The fraction of sp³-hybridized carbons (Fsp3) is 0.0769. The Hall–Kier alpha value is -1.94. The molecule has 0 saturated carbocycles. The van der Waals surface area contributed by atoms with E-state index in [1.807, 2.05) is 0 Å². The van der Waals surface area contributed by atoms with Gasteiger partial charge in [-0.05, 0) is 36.8 Å². The Bertz CT molecular complexity index is 860. The van der Waals surface area contributed by atoms with Crippen molar-refractivity contribution in [2.24, 2.45) is 0 Å². The zero-order chi connectivity index (χ0) is 17.0. The van der Waals surface area contributed by atoms with Crippen molar-refractivity contribution in [3.63, 3.8) is 0 Å². The first-order chi connectivity index (χ1) is 10.0. The first-order valence-corrected chi connectivity index (χ1v) is 8.76. The van der Waals surface area contributed by atoms with Gasteiger partial charge in [0.05, 0.1) is 9.79 Å². The first-order valence-electron chi connectivity index (χ1n) is 5.88. The second-order valence-electron chi connectivity index (χ2n) is 4.29. The van der Waals surface area contributed by atoms with Crippen molar-refractivity contribution in [3.05, 3.63) is 54.1 Å². The molecular weight excluding hydrogens is 330 g/mol. The highest BCUT2D eigenvalue weighted by molar-refractivity contribution is 7.86. The summed E-state index contributed by atoms with van der Waals surface area (Å²) in [6.07, 6.45) is 0. The van der Waals surface area contributed by atoms with Crippen LogP contribution < -0.4 is 5.73 Å². The Morgan fingerprint density at radius 1 is 0.864 bits per heavy atom. The zero-order valence-corrected chi connectivity index (χ0v) is 13.2. The minimum atomic E-state index is -4.11. The van der Waals surface area contributed by atoms with Crippen LogP contribution in [0.3, 0.4) is 0 Å². The highest BCUT2D eigenvalue weighted by Crippen LogP contribution is 2.13. The standard InChI is InChI=1S/C7H8O3S.C6H7NO3S/c1-6-4-2-3-5-7(6)11(8,9)10;7-5-2-1-3-6(4-5)11(8,9)10/h2-5H,1H3,(H,8,9,10);1-4H,7H2,(H,8,9,10). The Morgan fingerprint density at radius 2 is 1.45 bits per heavy atom. The van der Waals surface area contributed by atoms with Crippen molar-refractivity contribution < 1.29 is 25.9 Å². The van der Waals surface area contributed by atoms with Gasteiger partial charge in [-0.25, -0.2) is 0 Å². The van der Waals surface area contributed by atoms with E-state index in [1.165, 1.54) is 30.3 Å². The lowest BCUT2D eigenvalue weighted by Crippen LogP contribution is -1.99. The van der Waals surface area contributed by atoms with Gasteiger partial charge in [0.15, 0.2) is 0 Å². The van der Waals surface area contributed by atoms with Gasteiger partial charge in [-0.1, -0.05) is 24.3 Å². The second kappa shape index (κ2) is 6.88. The van der Waals surface area contributed by atoms with Crippen molar-refractivity contribution in [2.45, 2.75) is 16.7 Å². The fourth-order valence-electron chi connectivity index (χ4n) is 1.52. The molecule has 2 aromatic rings. The molecule has 0 aliphatic rings. The van der Waals surface area contributed by atoms with Crippen molar-refractivity contribution in [1.29, 1.82) is 0 Å². The predicted molar refractivity (Wildman–Crippen MR) is 81.7 cm³/mol. The lowest BCUT2D eigenvalue weighted by atomic mass is 10.2. The molecule has 120 valence electrons. The van der Waals surface area contributed by atoms with Crippen LogP contribution in [0.5, 0.6) is 0 Å². The van der Waals surface area contributed by atoms with Gasteiger partial charge in [0.1, 0.15) is 0 Å². The number of nitrogen functional groups attached to an aromatic ring is 1. The molecular formula is C13H15NO6S2. The van der Waals surface area contributed by atoms with Crippen molar-refractivity contribution in [2.75, 3.05) is 5.73 Å². The number of benzene rings is 2.